The van der Waals surface area contributed by atoms with Crippen LogP contribution in [-0.2, 0) is 6.42 Å². The van der Waals surface area contributed by atoms with Crippen LogP contribution < -0.4 is 4.90 Å². The Bertz CT molecular complexity index is 643. The SMILES string of the molecule is CN1CCN2c3ncccc3Cc3ccccc3C2C1.O. The molecule has 2 aliphatic heterocycles. The van der Waals surface area contributed by atoms with Gasteiger partial charge in [0.2, 0.25) is 0 Å². The van der Waals surface area contributed by atoms with E-state index in [0.717, 1.165) is 26.1 Å². The summed E-state index contributed by atoms with van der Waals surface area (Å²) >= 11 is 0. The molecule has 1 fully saturated rings. The topological polar surface area (TPSA) is 50.9 Å². The van der Waals surface area contributed by atoms with Crippen LogP contribution in [0, 0.1) is 0 Å². The first kappa shape index (κ1) is 14.0. The molecule has 4 nitrogen and oxygen atoms in total. The lowest BCUT2D eigenvalue weighted by molar-refractivity contribution is 0.268. The van der Waals surface area contributed by atoms with Crippen LogP contribution >= 0.6 is 0 Å². The van der Waals surface area contributed by atoms with Gasteiger partial charge in [-0.1, -0.05) is 30.3 Å². The molecule has 0 aliphatic carbocycles. The second-order valence-corrected chi connectivity index (χ2v) is 5.83. The van der Waals surface area contributed by atoms with Crippen molar-refractivity contribution in [3.8, 4) is 0 Å². The van der Waals surface area contributed by atoms with E-state index in [1.807, 2.05) is 6.20 Å². The first-order chi connectivity index (χ1) is 9.83. The molecule has 2 N–H and O–H groups in total. The van der Waals surface area contributed by atoms with Gasteiger partial charge < -0.3 is 15.3 Å². The fourth-order valence-corrected chi connectivity index (χ4v) is 3.49. The Balaban J connectivity index is 0.00000132. The molecule has 0 bridgehead atoms. The van der Waals surface area contributed by atoms with E-state index < -0.39 is 0 Å². The van der Waals surface area contributed by atoms with E-state index in [0.29, 0.717) is 6.04 Å². The first-order valence-corrected chi connectivity index (χ1v) is 7.30. The molecule has 0 spiro atoms. The van der Waals surface area contributed by atoms with E-state index in [1.54, 1.807) is 0 Å². The van der Waals surface area contributed by atoms with Gasteiger partial charge in [-0.15, -0.1) is 0 Å². The molecule has 3 heterocycles. The fraction of sp³-hybridized carbons (Fsp3) is 0.353. The third-order valence-electron chi connectivity index (χ3n) is 4.52. The summed E-state index contributed by atoms with van der Waals surface area (Å²) in [5.74, 6) is 1.18. The number of nitrogens with zero attached hydrogens (tertiary/aromatic N) is 3. The van der Waals surface area contributed by atoms with Crippen molar-refractivity contribution in [3.05, 3.63) is 59.3 Å². The highest BCUT2D eigenvalue weighted by molar-refractivity contribution is 5.56. The van der Waals surface area contributed by atoms with Gasteiger partial charge in [-0.05, 0) is 29.8 Å². The number of hydrogen-bond donors (Lipinski definition) is 0. The van der Waals surface area contributed by atoms with E-state index >= 15 is 0 Å². The van der Waals surface area contributed by atoms with Gasteiger partial charge >= 0.3 is 0 Å². The lowest BCUT2D eigenvalue weighted by Gasteiger charge is -2.41. The molecule has 2 aliphatic rings. The van der Waals surface area contributed by atoms with Gasteiger partial charge in [0.05, 0.1) is 6.04 Å². The molecule has 2 aromatic rings. The van der Waals surface area contributed by atoms with Gasteiger partial charge in [-0.3, -0.25) is 0 Å². The molecule has 1 aromatic carbocycles. The zero-order valence-corrected chi connectivity index (χ0v) is 12.3. The lowest BCUT2D eigenvalue weighted by atomic mass is 9.96. The average molecular weight is 283 g/mol. The molecule has 1 aromatic heterocycles. The monoisotopic (exact) mass is 283 g/mol. The predicted octanol–water partition coefficient (Wildman–Crippen LogP) is 1.65. The summed E-state index contributed by atoms with van der Waals surface area (Å²) in [7, 11) is 2.21. The highest BCUT2D eigenvalue weighted by Crippen LogP contribution is 2.37. The molecule has 0 saturated carbocycles. The van der Waals surface area contributed by atoms with Crippen LogP contribution in [0.3, 0.4) is 0 Å². The third kappa shape index (κ3) is 2.30. The summed E-state index contributed by atoms with van der Waals surface area (Å²) in [6.07, 6.45) is 2.92. The van der Waals surface area contributed by atoms with Gasteiger partial charge in [0.25, 0.3) is 0 Å². The lowest BCUT2D eigenvalue weighted by Crippen LogP contribution is -2.47. The summed E-state index contributed by atoms with van der Waals surface area (Å²) in [6.45, 7) is 3.24. The number of anilines is 1. The Hall–Kier alpha value is -1.91. The molecule has 4 heteroatoms. The standard InChI is InChI=1S/C17H19N3.H2O/c1-19-9-10-20-16(12-19)15-7-3-2-5-13(15)11-14-6-4-8-18-17(14)20;/h2-8,16H,9-12H2,1H3;1H2. The van der Waals surface area contributed by atoms with Crippen LogP contribution in [0.25, 0.3) is 0 Å². The highest BCUT2D eigenvalue weighted by atomic mass is 16.0. The molecular formula is C17H21N3O. The molecular weight excluding hydrogens is 262 g/mol. The Kier molecular flexibility index (Phi) is 3.66. The molecule has 1 saturated heterocycles. The minimum absolute atomic E-state index is 0. The minimum Gasteiger partial charge on any atom is -0.412 e. The first-order valence-electron chi connectivity index (χ1n) is 7.30. The Morgan fingerprint density at radius 1 is 1.05 bits per heavy atom. The number of benzene rings is 1. The maximum Gasteiger partial charge on any atom is 0.132 e. The minimum atomic E-state index is 0. The predicted molar refractivity (Wildman–Crippen MR) is 84.7 cm³/mol. The number of likely N-dealkylation sites (N-methyl/N-ethyl adjacent to an activating group) is 1. The Morgan fingerprint density at radius 3 is 2.76 bits per heavy atom. The number of pyridine rings is 1. The number of aromatic nitrogens is 1. The molecule has 1 atom stereocenters. The van der Waals surface area contributed by atoms with E-state index in [2.05, 4.69) is 58.2 Å². The van der Waals surface area contributed by atoms with Crippen molar-refractivity contribution in [1.29, 1.82) is 0 Å². The van der Waals surface area contributed by atoms with Gasteiger partial charge in [-0.25, -0.2) is 4.98 Å². The molecule has 0 radical (unpaired) electrons. The van der Waals surface area contributed by atoms with Crippen LogP contribution in [0.1, 0.15) is 22.7 Å². The van der Waals surface area contributed by atoms with Crippen molar-refractivity contribution in [3.63, 3.8) is 0 Å². The maximum atomic E-state index is 4.68. The van der Waals surface area contributed by atoms with Gasteiger partial charge in [0.15, 0.2) is 0 Å². The summed E-state index contributed by atoms with van der Waals surface area (Å²) in [4.78, 5) is 9.60. The maximum absolute atomic E-state index is 4.68. The number of piperazine rings is 1. The van der Waals surface area contributed by atoms with E-state index in [9.17, 15) is 0 Å². The largest absolute Gasteiger partial charge is 0.412 e. The van der Waals surface area contributed by atoms with Crippen molar-refractivity contribution < 1.29 is 5.48 Å². The summed E-state index contributed by atoms with van der Waals surface area (Å²) < 4.78 is 0. The van der Waals surface area contributed by atoms with Crippen molar-refractivity contribution in [2.24, 2.45) is 0 Å². The smallest absolute Gasteiger partial charge is 0.132 e. The van der Waals surface area contributed by atoms with Crippen LogP contribution in [0.4, 0.5) is 5.82 Å². The molecule has 1 unspecified atom stereocenters. The fourth-order valence-electron chi connectivity index (χ4n) is 3.49. The molecule has 4 rings (SSSR count). The summed E-state index contributed by atoms with van der Waals surface area (Å²) in [5, 5.41) is 0. The van der Waals surface area contributed by atoms with E-state index in [4.69, 9.17) is 0 Å². The third-order valence-corrected chi connectivity index (χ3v) is 4.52. The summed E-state index contributed by atoms with van der Waals surface area (Å²) in [6, 6.07) is 13.6. The van der Waals surface area contributed by atoms with Crippen LogP contribution in [0.2, 0.25) is 0 Å². The zero-order chi connectivity index (χ0) is 13.5. The molecule has 21 heavy (non-hydrogen) atoms. The Morgan fingerprint density at radius 2 is 1.86 bits per heavy atom. The molecule has 110 valence electrons. The van der Waals surface area contributed by atoms with E-state index in [1.165, 1.54) is 22.5 Å². The number of rotatable bonds is 0. The Labute approximate surface area is 125 Å². The molecule has 0 amide bonds. The van der Waals surface area contributed by atoms with Gasteiger partial charge in [0, 0.05) is 32.3 Å². The second-order valence-electron chi connectivity index (χ2n) is 5.83. The number of fused-ring (bicyclic) bond motifs is 5. The zero-order valence-electron chi connectivity index (χ0n) is 12.3. The van der Waals surface area contributed by atoms with Crippen molar-refractivity contribution >= 4 is 5.82 Å². The number of hydrogen-bond acceptors (Lipinski definition) is 3. The van der Waals surface area contributed by atoms with E-state index in [-0.39, 0.29) is 5.48 Å². The summed E-state index contributed by atoms with van der Waals surface area (Å²) in [5.41, 5.74) is 4.27. The van der Waals surface area contributed by atoms with Gasteiger partial charge in [-0.2, -0.15) is 0 Å². The van der Waals surface area contributed by atoms with Crippen LogP contribution in [-0.4, -0.2) is 42.0 Å². The average Bonchev–Trinajstić information content (AvgIpc) is 2.61. The van der Waals surface area contributed by atoms with Crippen LogP contribution in [0.15, 0.2) is 42.6 Å². The quantitative estimate of drug-likeness (QED) is 0.739. The second kappa shape index (κ2) is 5.47. The van der Waals surface area contributed by atoms with Crippen molar-refractivity contribution in [2.45, 2.75) is 12.5 Å². The van der Waals surface area contributed by atoms with Crippen LogP contribution in [0.5, 0.6) is 0 Å². The van der Waals surface area contributed by atoms with Gasteiger partial charge in [0.1, 0.15) is 5.82 Å². The normalized spacial score (nSPS) is 20.6. The van der Waals surface area contributed by atoms with Crippen molar-refractivity contribution in [2.75, 3.05) is 31.6 Å². The van der Waals surface area contributed by atoms with Crippen molar-refractivity contribution in [1.82, 2.24) is 9.88 Å². The highest BCUT2D eigenvalue weighted by Gasteiger charge is 2.32.